The van der Waals surface area contributed by atoms with E-state index in [4.69, 9.17) is 3.07 Å². The quantitative estimate of drug-likeness (QED) is 0.514. The normalized spacial score (nSPS) is 11.7. The van der Waals surface area contributed by atoms with Crippen molar-refractivity contribution in [2.45, 2.75) is 34.1 Å². The van der Waals surface area contributed by atoms with Crippen molar-refractivity contribution in [3.05, 3.63) is 38.0 Å². The molecule has 0 aromatic heterocycles. The van der Waals surface area contributed by atoms with E-state index in [1.54, 1.807) is 0 Å². The molecular weight excluding hydrogens is 319 g/mol. The van der Waals surface area contributed by atoms with Crippen molar-refractivity contribution in [3.63, 3.8) is 0 Å². The number of carbonyl (C=O) groups excluding carboxylic acids is 1. The van der Waals surface area contributed by atoms with E-state index >= 15 is 0 Å². The summed E-state index contributed by atoms with van der Waals surface area (Å²) in [6.07, 6.45) is 5.58. The van der Waals surface area contributed by atoms with Gasteiger partial charge >= 0.3 is 110 Å². The maximum absolute atomic E-state index is 12.0. The van der Waals surface area contributed by atoms with Gasteiger partial charge < -0.3 is 0 Å². The summed E-state index contributed by atoms with van der Waals surface area (Å²) in [7, 11) is 0. The van der Waals surface area contributed by atoms with E-state index in [0.717, 1.165) is 13.3 Å². The third-order valence-electron chi connectivity index (χ3n) is 2.47. The van der Waals surface area contributed by atoms with Gasteiger partial charge in [-0.25, -0.2) is 0 Å². The van der Waals surface area contributed by atoms with Crippen molar-refractivity contribution in [3.8, 4) is 0 Å². The van der Waals surface area contributed by atoms with Gasteiger partial charge in [-0.2, -0.15) is 0 Å². The van der Waals surface area contributed by atoms with Gasteiger partial charge in [-0.1, -0.05) is 0 Å². The van der Waals surface area contributed by atoms with Crippen LogP contribution >= 0.6 is 0 Å². The molecule has 0 saturated heterocycles. The van der Waals surface area contributed by atoms with E-state index in [1.807, 2.05) is 39.0 Å². The fourth-order valence-electron chi connectivity index (χ4n) is 1.51. The molecule has 0 aliphatic heterocycles. The molecular formula is C14H24O2Sn. The van der Waals surface area contributed by atoms with Gasteiger partial charge in [-0.15, -0.1) is 0 Å². The molecule has 0 bridgehead atoms. The van der Waals surface area contributed by atoms with Crippen LogP contribution in [0.1, 0.15) is 20.8 Å². The van der Waals surface area contributed by atoms with Gasteiger partial charge in [0.25, 0.3) is 0 Å². The molecule has 96 valence electrons. The summed E-state index contributed by atoms with van der Waals surface area (Å²) in [5.74, 6) is -0.112. The Hall–Kier alpha value is -0.511. The van der Waals surface area contributed by atoms with Gasteiger partial charge in [0.2, 0.25) is 0 Å². The van der Waals surface area contributed by atoms with Crippen LogP contribution in [0.4, 0.5) is 0 Å². The standard InChI is InChI=1S/C5H10O2.3C3H5.Sn/c1-5(2,3)4(6)7;3*1-3-2;/h1-3H3,(H,6,7);3*3H,1-2H2;/q;;;;+1/p-1. The van der Waals surface area contributed by atoms with Crippen LogP contribution < -0.4 is 0 Å². The molecule has 0 aliphatic carbocycles. The van der Waals surface area contributed by atoms with Crippen LogP contribution in [-0.2, 0) is 7.87 Å². The van der Waals surface area contributed by atoms with Gasteiger partial charge in [-0.3, -0.25) is 0 Å². The molecule has 0 amide bonds. The molecule has 0 aliphatic rings. The number of hydrogen-bond acceptors (Lipinski definition) is 2. The molecule has 0 saturated carbocycles. The predicted octanol–water partition coefficient (Wildman–Crippen LogP) is 4.08. The number of carbonyl (C=O) groups is 1. The van der Waals surface area contributed by atoms with Crippen molar-refractivity contribution >= 4 is 24.8 Å². The SMILES string of the molecule is C=C[CH2][Sn]([CH2]C=C)([CH2]C=C)[O]C(=O)C(C)(C)C. The first-order valence-corrected chi connectivity index (χ1v) is 13.1. The van der Waals surface area contributed by atoms with E-state index in [2.05, 4.69) is 19.7 Å². The molecule has 0 spiro atoms. The second-order valence-corrected chi connectivity index (χ2v) is 16.1. The van der Waals surface area contributed by atoms with E-state index < -0.39 is 24.2 Å². The Morgan fingerprint density at radius 1 is 1.06 bits per heavy atom. The first kappa shape index (κ1) is 16.5. The third-order valence-corrected chi connectivity index (χ3v) is 13.1. The Balaban J connectivity index is 5.00. The number of rotatable bonds is 7. The fraction of sp³-hybridized carbons (Fsp3) is 0.500. The van der Waals surface area contributed by atoms with Gasteiger partial charge in [0.15, 0.2) is 0 Å². The molecule has 0 heterocycles. The molecule has 0 aromatic rings. The summed E-state index contributed by atoms with van der Waals surface area (Å²) in [4.78, 5) is 12.0. The predicted molar refractivity (Wildman–Crippen MR) is 76.3 cm³/mol. The Morgan fingerprint density at radius 3 is 1.65 bits per heavy atom. The third kappa shape index (κ3) is 5.57. The van der Waals surface area contributed by atoms with Crippen LogP contribution in [0, 0.1) is 5.41 Å². The van der Waals surface area contributed by atoms with E-state index in [-0.39, 0.29) is 5.97 Å². The summed E-state index contributed by atoms with van der Waals surface area (Å²) < 4.78 is 8.32. The first-order valence-electron chi connectivity index (χ1n) is 5.87. The zero-order valence-electron chi connectivity index (χ0n) is 11.3. The van der Waals surface area contributed by atoms with Crippen molar-refractivity contribution in [2.24, 2.45) is 5.41 Å². The first-order chi connectivity index (χ1) is 7.81. The topological polar surface area (TPSA) is 26.3 Å². The Morgan fingerprint density at radius 2 is 1.41 bits per heavy atom. The molecule has 2 nitrogen and oxygen atoms in total. The minimum atomic E-state index is -2.99. The molecule has 3 heteroatoms. The van der Waals surface area contributed by atoms with Crippen molar-refractivity contribution in [2.75, 3.05) is 0 Å². The van der Waals surface area contributed by atoms with Crippen LogP contribution in [-0.4, -0.2) is 24.8 Å². The fourth-order valence-corrected chi connectivity index (χ4v) is 10.2. The van der Waals surface area contributed by atoms with Crippen molar-refractivity contribution in [1.82, 2.24) is 0 Å². The number of hydrogen-bond donors (Lipinski definition) is 0. The Bertz CT molecular complexity index is 273. The van der Waals surface area contributed by atoms with Gasteiger partial charge in [0.05, 0.1) is 0 Å². The zero-order valence-corrected chi connectivity index (χ0v) is 14.1. The molecule has 0 radical (unpaired) electrons. The monoisotopic (exact) mass is 344 g/mol. The molecule has 0 atom stereocenters. The van der Waals surface area contributed by atoms with Crippen molar-refractivity contribution in [1.29, 1.82) is 0 Å². The van der Waals surface area contributed by atoms with E-state index in [0.29, 0.717) is 0 Å². The molecule has 17 heavy (non-hydrogen) atoms. The van der Waals surface area contributed by atoms with Gasteiger partial charge in [0.1, 0.15) is 0 Å². The number of allylic oxidation sites excluding steroid dienone is 3. The molecule has 0 unspecified atom stereocenters. The summed E-state index contributed by atoms with van der Waals surface area (Å²) >= 11 is -2.99. The van der Waals surface area contributed by atoms with E-state index in [1.165, 1.54) is 0 Å². The molecule has 0 rings (SSSR count). The van der Waals surface area contributed by atoms with Crippen LogP contribution in [0.15, 0.2) is 38.0 Å². The Kier molecular flexibility index (Phi) is 6.83. The zero-order chi connectivity index (χ0) is 13.5. The van der Waals surface area contributed by atoms with E-state index in [9.17, 15) is 4.79 Å². The average Bonchev–Trinajstić information content (AvgIpc) is 2.17. The second-order valence-electron chi connectivity index (χ2n) is 5.30. The van der Waals surface area contributed by atoms with Gasteiger partial charge in [-0.05, 0) is 0 Å². The van der Waals surface area contributed by atoms with Crippen LogP contribution in [0.5, 0.6) is 0 Å². The summed E-state index contributed by atoms with van der Waals surface area (Å²) in [6, 6.07) is 0. The minimum absolute atomic E-state index is 0.112. The summed E-state index contributed by atoms with van der Waals surface area (Å²) in [6.45, 7) is 16.9. The Labute approximate surface area is 110 Å². The average molecular weight is 343 g/mol. The summed E-state index contributed by atoms with van der Waals surface area (Å²) in [5, 5.41) is 0. The van der Waals surface area contributed by atoms with Crippen molar-refractivity contribution < 1.29 is 7.87 Å². The van der Waals surface area contributed by atoms with Crippen LogP contribution in [0.3, 0.4) is 0 Å². The summed E-state index contributed by atoms with van der Waals surface area (Å²) in [5.41, 5.74) is -0.453. The molecule has 0 N–H and O–H groups in total. The van der Waals surface area contributed by atoms with Crippen LogP contribution in [0.2, 0.25) is 13.3 Å². The maximum atomic E-state index is 12.0. The van der Waals surface area contributed by atoms with Crippen LogP contribution in [0.25, 0.3) is 0 Å². The second kappa shape index (κ2) is 7.04. The molecule has 0 fully saturated rings. The van der Waals surface area contributed by atoms with Gasteiger partial charge in [0, 0.05) is 0 Å². The molecule has 0 aromatic carbocycles.